The molecule has 0 spiro atoms. The van der Waals surface area contributed by atoms with E-state index in [4.69, 9.17) is 14.2 Å². The Morgan fingerprint density at radius 1 is 1.03 bits per heavy atom. The minimum atomic E-state index is -0.471. The predicted molar refractivity (Wildman–Crippen MR) is 127 cm³/mol. The number of allylic oxidation sites excluding steroid dienone is 1. The summed E-state index contributed by atoms with van der Waals surface area (Å²) in [6, 6.07) is 14.3. The molecule has 0 aliphatic carbocycles. The molecule has 7 heteroatoms. The highest BCUT2D eigenvalue weighted by Gasteiger charge is 2.38. The molecular formula is C27H31NO6. The van der Waals surface area contributed by atoms with Crippen molar-refractivity contribution in [1.82, 2.24) is 4.90 Å². The molecule has 1 heterocycles. The Labute approximate surface area is 200 Å². The van der Waals surface area contributed by atoms with Crippen molar-refractivity contribution in [2.45, 2.75) is 39.7 Å². The first-order chi connectivity index (χ1) is 16.3. The van der Waals surface area contributed by atoms with E-state index in [1.807, 2.05) is 38.1 Å². The summed E-state index contributed by atoms with van der Waals surface area (Å²) in [5.74, 6) is -0.627. The Balaban J connectivity index is 1.99. The number of benzene rings is 2. The summed E-state index contributed by atoms with van der Waals surface area (Å²) < 4.78 is 15.9. The third-order valence-electron chi connectivity index (χ3n) is 5.82. The van der Waals surface area contributed by atoms with Crippen molar-refractivity contribution in [3.05, 3.63) is 76.5 Å². The molecule has 0 saturated carbocycles. The fourth-order valence-corrected chi connectivity index (χ4v) is 4.05. The number of carbonyl (C=O) groups is 3. The number of esters is 2. The van der Waals surface area contributed by atoms with Gasteiger partial charge in [0, 0.05) is 23.6 Å². The third kappa shape index (κ3) is 5.47. The van der Waals surface area contributed by atoms with Crippen molar-refractivity contribution in [2.75, 3.05) is 20.8 Å². The molecule has 1 aliphatic heterocycles. The van der Waals surface area contributed by atoms with Gasteiger partial charge in [-0.2, -0.15) is 0 Å². The first-order valence-corrected chi connectivity index (χ1v) is 11.2. The quantitative estimate of drug-likeness (QED) is 0.535. The molecule has 2 aromatic rings. The minimum absolute atomic E-state index is 0.106. The number of nitrogens with zero attached hydrogens (tertiary/aromatic N) is 1. The second kappa shape index (κ2) is 11.0. The monoisotopic (exact) mass is 465 g/mol. The van der Waals surface area contributed by atoms with E-state index in [0.29, 0.717) is 22.6 Å². The van der Waals surface area contributed by atoms with Crippen LogP contribution in [0.2, 0.25) is 0 Å². The number of ether oxygens (including phenoxy) is 3. The maximum absolute atomic E-state index is 13.3. The van der Waals surface area contributed by atoms with Crippen LogP contribution < -0.4 is 4.74 Å². The van der Waals surface area contributed by atoms with Crippen LogP contribution in [0.4, 0.5) is 0 Å². The number of rotatable bonds is 8. The van der Waals surface area contributed by atoms with Gasteiger partial charge in [-0.05, 0) is 36.6 Å². The van der Waals surface area contributed by atoms with Crippen LogP contribution in [0.5, 0.6) is 5.75 Å². The summed E-state index contributed by atoms with van der Waals surface area (Å²) in [5, 5.41) is 0. The second-order valence-electron chi connectivity index (χ2n) is 8.66. The van der Waals surface area contributed by atoms with Gasteiger partial charge in [0.1, 0.15) is 5.75 Å². The van der Waals surface area contributed by atoms with Gasteiger partial charge in [0.2, 0.25) is 5.91 Å². The summed E-state index contributed by atoms with van der Waals surface area (Å²) in [7, 11) is 2.90. The summed E-state index contributed by atoms with van der Waals surface area (Å²) in [6.07, 6.45) is 0.115. The maximum Gasteiger partial charge on any atom is 0.337 e. The van der Waals surface area contributed by atoms with Gasteiger partial charge in [-0.3, -0.25) is 4.79 Å². The van der Waals surface area contributed by atoms with Gasteiger partial charge >= 0.3 is 11.9 Å². The molecule has 3 rings (SSSR count). The summed E-state index contributed by atoms with van der Waals surface area (Å²) in [6.45, 7) is 6.28. The zero-order valence-corrected chi connectivity index (χ0v) is 20.3. The lowest BCUT2D eigenvalue weighted by molar-refractivity contribution is -0.141. The molecule has 0 fully saturated rings. The lowest BCUT2D eigenvalue weighted by Gasteiger charge is -2.35. The van der Waals surface area contributed by atoms with E-state index in [-0.39, 0.29) is 31.4 Å². The van der Waals surface area contributed by atoms with Crippen LogP contribution in [-0.4, -0.2) is 43.6 Å². The van der Waals surface area contributed by atoms with Gasteiger partial charge in [-0.15, -0.1) is 0 Å². The average Bonchev–Trinajstić information content (AvgIpc) is 2.84. The number of hydrogen-bond acceptors (Lipinski definition) is 6. The molecule has 1 aliphatic rings. The van der Waals surface area contributed by atoms with Crippen LogP contribution in [0, 0.1) is 5.92 Å². The van der Waals surface area contributed by atoms with Gasteiger partial charge in [0.15, 0.2) is 0 Å². The zero-order chi connectivity index (χ0) is 24.8. The molecule has 7 nitrogen and oxygen atoms in total. The van der Waals surface area contributed by atoms with E-state index in [1.54, 1.807) is 43.2 Å². The molecule has 1 amide bonds. The van der Waals surface area contributed by atoms with Crippen molar-refractivity contribution in [1.29, 1.82) is 0 Å². The highest BCUT2D eigenvalue weighted by atomic mass is 16.5. The van der Waals surface area contributed by atoms with Crippen molar-refractivity contribution in [3.8, 4) is 5.75 Å². The fraction of sp³-hybridized carbons (Fsp3) is 0.370. The molecule has 1 atom stereocenters. The van der Waals surface area contributed by atoms with Gasteiger partial charge < -0.3 is 19.1 Å². The number of hydrogen-bond donors (Lipinski definition) is 0. The SMILES string of the molecule is COC(=O)c1ccc(CN2C(=O)CC(c3ccccc3OC)C(C(=O)OCC(C)C)=C2C)cc1. The van der Waals surface area contributed by atoms with E-state index in [0.717, 1.165) is 11.1 Å². The van der Waals surface area contributed by atoms with Crippen molar-refractivity contribution >= 4 is 17.8 Å². The van der Waals surface area contributed by atoms with E-state index in [1.165, 1.54) is 7.11 Å². The van der Waals surface area contributed by atoms with Crippen LogP contribution in [-0.2, 0) is 25.6 Å². The van der Waals surface area contributed by atoms with Crippen LogP contribution in [0.3, 0.4) is 0 Å². The summed E-state index contributed by atoms with van der Waals surface area (Å²) in [5.41, 5.74) is 3.04. The van der Waals surface area contributed by atoms with E-state index in [9.17, 15) is 14.4 Å². The number of carbonyl (C=O) groups excluding carboxylic acids is 3. The molecule has 0 bridgehead atoms. The van der Waals surface area contributed by atoms with Crippen LogP contribution in [0.25, 0.3) is 0 Å². The fourth-order valence-electron chi connectivity index (χ4n) is 4.05. The average molecular weight is 466 g/mol. The Bertz CT molecular complexity index is 1090. The number of amides is 1. The molecule has 0 aromatic heterocycles. The topological polar surface area (TPSA) is 82.1 Å². The maximum atomic E-state index is 13.3. The molecule has 0 saturated heterocycles. The predicted octanol–water partition coefficient (Wildman–Crippen LogP) is 4.47. The summed E-state index contributed by atoms with van der Waals surface area (Å²) in [4.78, 5) is 39.8. The smallest absolute Gasteiger partial charge is 0.337 e. The van der Waals surface area contributed by atoms with Gasteiger partial charge in [-0.1, -0.05) is 44.2 Å². The van der Waals surface area contributed by atoms with E-state index >= 15 is 0 Å². The van der Waals surface area contributed by atoms with Crippen molar-refractivity contribution < 1.29 is 28.6 Å². The largest absolute Gasteiger partial charge is 0.496 e. The Hall–Kier alpha value is -3.61. The molecule has 2 aromatic carbocycles. The highest BCUT2D eigenvalue weighted by Crippen LogP contribution is 2.41. The van der Waals surface area contributed by atoms with E-state index < -0.39 is 17.9 Å². The van der Waals surface area contributed by atoms with Crippen LogP contribution in [0.15, 0.2) is 59.8 Å². The molecular weight excluding hydrogens is 434 g/mol. The number of para-hydroxylation sites is 1. The first-order valence-electron chi connectivity index (χ1n) is 11.2. The Morgan fingerprint density at radius 3 is 2.32 bits per heavy atom. The van der Waals surface area contributed by atoms with Gasteiger partial charge in [-0.25, -0.2) is 9.59 Å². The third-order valence-corrected chi connectivity index (χ3v) is 5.82. The van der Waals surface area contributed by atoms with Gasteiger partial charge in [0.25, 0.3) is 0 Å². The minimum Gasteiger partial charge on any atom is -0.496 e. The Kier molecular flexibility index (Phi) is 8.10. The normalized spacial score (nSPS) is 16.0. The Morgan fingerprint density at radius 2 is 1.71 bits per heavy atom. The van der Waals surface area contributed by atoms with Gasteiger partial charge in [0.05, 0.1) is 38.5 Å². The summed E-state index contributed by atoms with van der Waals surface area (Å²) >= 11 is 0. The molecule has 0 N–H and O–H groups in total. The lowest BCUT2D eigenvalue weighted by Crippen LogP contribution is -2.38. The number of methoxy groups -OCH3 is 2. The first kappa shape index (κ1) is 25.0. The van der Waals surface area contributed by atoms with Crippen molar-refractivity contribution in [3.63, 3.8) is 0 Å². The molecule has 0 radical (unpaired) electrons. The second-order valence-corrected chi connectivity index (χ2v) is 8.66. The molecule has 180 valence electrons. The van der Waals surface area contributed by atoms with Crippen molar-refractivity contribution in [2.24, 2.45) is 5.92 Å². The van der Waals surface area contributed by atoms with E-state index in [2.05, 4.69) is 0 Å². The highest BCUT2D eigenvalue weighted by molar-refractivity contribution is 5.96. The molecule has 34 heavy (non-hydrogen) atoms. The standard InChI is InChI=1S/C27H31NO6/c1-17(2)16-34-27(31)25-18(3)28(15-19-10-12-20(13-11-19)26(30)33-5)24(29)14-22(25)21-8-6-7-9-23(21)32-4/h6-13,17,22H,14-16H2,1-5H3. The zero-order valence-electron chi connectivity index (χ0n) is 20.3. The molecule has 1 unspecified atom stereocenters. The lowest BCUT2D eigenvalue weighted by atomic mass is 9.83. The van der Waals surface area contributed by atoms with Crippen LogP contribution in [0.1, 0.15) is 54.6 Å². The van der Waals surface area contributed by atoms with Crippen LogP contribution >= 0.6 is 0 Å².